The SMILES string of the molecule is CCOC(=O)N1CCC(NCc2noc(-c3ccccc3)n2)C1. The van der Waals surface area contributed by atoms with Crippen LogP contribution in [-0.2, 0) is 11.3 Å². The first kappa shape index (κ1) is 15.5. The summed E-state index contributed by atoms with van der Waals surface area (Å²) in [5.41, 5.74) is 0.903. The number of nitrogens with zero attached hydrogens (tertiary/aromatic N) is 3. The van der Waals surface area contributed by atoms with Crippen LogP contribution in [-0.4, -0.2) is 46.9 Å². The highest BCUT2D eigenvalue weighted by Gasteiger charge is 2.26. The van der Waals surface area contributed by atoms with Crippen molar-refractivity contribution in [2.75, 3.05) is 19.7 Å². The zero-order valence-electron chi connectivity index (χ0n) is 13.1. The van der Waals surface area contributed by atoms with Crippen molar-refractivity contribution in [1.29, 1.82) is 0 Å². The Labute approximate surface area is 134 Å². The maximum Gasteiger partial charge on any atom is 0.409 e. The Morgan fingerprint density at radius 1 is 1.43 bits per heavy atom. The van der Waals surface area contributed by atoms with Gasteiger partial charge in [0, 0.05) is 24.7 Å². The number of hydrogen-bond acceptors (Lipinski definition) is 6. The summed E-state index contributed by atoms with van der Waals surface area (Å²) in [4.78, 5) is 17.8. The molecule has 23 heavy (non-hydrogen) atoms. The molecule has 0 aliphatic carbocycles. The van der Waals surface area contributed by atoms with E-state index in [9.17, 15) is 4.79 Å². The van der Waals surface area contributed by atoms with E-state index in [1.54, 1.807) is 4.90 Å². The van der Waals surface area contributed by atoms with E-state index in [-0.39, 0.29) is 12.1 Å². The van der Waals surface area contributed by atoms with Crippen LogP contribution in [0.25, 0.3) is 11.5 Å². The van der Waals surface area contributed by atoms with Gasteiger partial charge in [0.2, 0.25) is 0 Å². The summed E-state index contributed by atoms with van der Waals surface area (Å²) in [5.74, 6) is 1.13. The third kappa shape index (κ3) is 3.87. The van der Waals surface area contributed by atoms with Crippen molar-refractivity contribution in [1.82, 2.24) is 20.4 Å². The molecular weight excluding hydrogens is 296 g/mol. The van der Waals surface area contributed by atoms with Crippen LogP contribution >= 0.6 is 0 Å². The highest BCUT2D eigenvalue weighted by Crippen LogP contribution is 2.16. The largest absolute Gasteiger partial charge is 0.450 e. The van der Waals surface area contributed by atoms with E-state index in [4.69, 9.17) is 9.26 Å². The number of hydrogen-bond donors (Lipinski definition) is 1. The number of carbonyl (C=O) groups is 1. The lowest BCUT2D eigenvalue weighted by Crippen LogP contribution is -2.35. The lowest BCUT2D eigenvalue weighted by Gasteiger charge is -2.15. The number of aromatic nitrogens is 2. The highest BCUT2D eigenvalue weighted by atomic mass is 16.6. The summed E-state index contributed by atoms with van der Waals surface area (Å²) in [6, 6.07) is 9.88. The summed E-state index contributed by atoms with van der Waals surface area (Å²) in [7, 11) is 0. The first-order valence-corrected chi connectivity index (χ1v) is 7.79. The van der Waals surface area contributed by atoms with Crippen molar-refractivity contribution in [3.8, 4) is 11.5 Å². The van der Waals surface area contributed by atoms with Crippen LogP contribution in [0.3, 0.4) is 0 Å². The molecule has 1 N–H and O–H groups in total. The van der Waals surface area contributed by atoms with Crippen LogP contribution in [0.5, 0.6) is 0 Å². The van der Waals surface area contributed by atoms with Gasteiger partial charge in [-0.1, -0.05) is 23.4 Å². The van der Waals surface area contributed by atoms with Crippen LogP contribution in [0.15, 0.2) is 34.9 Å². The molecule has 0 spiro atoms. The quantitative estimate of drug-likeness (QED) is 0.909. The van der Waals surface area contributed by atoms with E-state index in [1.165, 1.54) is 0 Å². The van der Waals surface area contributed by atoms with Gasteiger partial charge in [0.25, 0.3) is 5.89 Å². The topological polar surface area (TPSA) is 80.5 Å². The van der Waals surface area contributed by atoms with E-state index in [0.717, 1.165) is 12.0 Å². The predicted molar refractivity (Wildman–Crippen MR) is 83.6 cm³/mol. The number of carbonyl (C=O) groups excluding carboxylic acids is 1. The second-order valence-electron chi connectivity index (χ2n) is 5.39. The number of likely N-dealkylation sites (tertiary alicyclic amines) is 1. The van der Waals surface area contributed by atoms with Gasteiger partial charge in [-0.2, -0.15) is 4.98 Å². The minimum atomic E-state index is -0.247. The molecule has 0 bridgehead atoms. The Bertz CT molecular complexity index is 644. The third-order valence-electron chi connectivity index (χ3n) is 3.75. The molecule has 7 nitrogen and oxygen atoms in total. The average molecular weight is 316 g/mol. The molecular formula is C16H20N4O3. The third-order valence-corrected chi connectivity index (χ3v) is 3.75. The number of benzene rings is 1. The minimum absolute atomic E-state index is 0.220. The smallest absolute Gasteiger partial charge is 0.409 e. The molecule has 7 heteroatoms. The Morgan fingerprint density at radius 2 is 2.26 bits per heavy atom. The molecule has 1 fully saturated rings. The zero-order valence-corrected chi connectivity index (χ0v) is 13.1. The maximum absolute atomic E-state index is 11.7. The lowest BCUT2D eigenvalue weighted by atomic mass is 10.2. The van der Waals surface area contributed by atoms with Crippen molar-refractivity contribution in [2.24, 2.45) is 0 Å². The van der Waals surface area contributed by atoms with Crippen molar-refractivity contribution < 1.29 is 14.1 Å². The fraction of sp³-hybridized carbons (Fsp3) is 0.438. The van der Waals surface area contributed by atoms with Crippen molar-refractivity contribution >= 4 is 6.09 Å². The number of ether oxygens (including phenoxy) is 1. The number of nitrogens with one attached hydrogen (secondary N) is 1. The first-order chi connectivity index (χ1) is 11.3. The van der Waals surface area contributed by atoms with E-state index in [1.807, 2.05) is 37.3 Å². The number of rotatable bonds is 5. The van der Waals surface area contributed by atoms with Gasteiger partial charge in [-0.05, 0) is 25.5 Å². The van der Waals surface area contributed by atoms with Crippen LogP contribution in [0.1, 0.15) is 19.2 Å². The van der Waals surface area contributed by atoms with Gasteiger partial charge in [-0.15, -0.1) is 0 Å². The van der Waals surface area contributed by atoms with Crippen LogP contribution in [0, 0.1) is 0 Å². The first-order valence-electron chi connectivity index (χ1n) is 7.79. The Morgan fingerprint density at radius 3 is 3.04 bits per heavy atom. The standard InChI is InChI=1S/C16H20N4O3/c1-2-22-16(21)20-9-8-13(11-20)17-10-14-18-15(23-19-14)12-6-4-3-5-7-12/h3-7,13,17H,2,8-11H2,1H3. The number of amides is 1. The normalized spacial score (nSPS) is 17.4. The van der Waals surface area contributed by atoms with Crippen LogP contribution in [0.4, 0.5) is 4.79 Å². The fourth-order valence-electron chi connectivity index (χ4n) is 2.57. The molecule has 1 aromatic carbocycles. The molecule has 1 atom stereocenters. The maximum atomic E-state index is 11.7. The van der Waals surface area contributed by atoms with Gasteiger partial charge in [-0.3, -0.25) is 0 Å². The molecule has 3 rings (SSSR count). The molecule has 0 radical (unpaired) electrons. The summed E-state index contributed by atoms with van der Waals surface area (Å²) in [6.45, 7) is 4.07. The van der Waals surface area contributed by atoms with E-state index >= 15 is 0 Å². The van der Waals surface area contributed by atoms with Gasteiger partial charge in [0.1, 0.15) is 0 Å². The van der Waals surface area contributed by atoms with E-state index in [0.29, 0.717) is 38.0 Å². The van der Waals surface area contributed by atoms with Crippen molar-refractivity contribution in [3.05, 3.63) is 36.2 Å². The van der Waals surface area contributed by atoms with E-state index in [2.05, 4.69) is 15.5 Å². The molecule has 1 aliphatic rings. The molecule has 2 heterocycles. The Hall–Kier alpha value is -2.41. The Balaban J connectivity index is 1.50. The van der Waals surface area contributed by atoms with Gasteiger partial charge in [0.15, 0.2) is 5.82 Å². The van der Waals surface area contributed by atoms with Crippen molar-refractivity contribution in [2.45, 2.75) is 25.9 Å². The fourth-order valence-corrected chi connectivity index (χ4v) is 2.57. The van der Waals surface area contributed by atoms with Crippen LogP contribution < -0.4 is 5.32 Å². The van der Waals surface area contributed by atoms with Gasteiger partial charge in [0.05, 0.1) is 13.2 Å². The summed E-state index contributed by atoms with van der Waals surface area (Å²) < 4.78 is 10.3. The average Bonchev–Trinajstić information content (AvgIpc) is 3.23. The van der Waals surface area contributed by atoms with Crippen LogP contribution in [0.2, 0.25) is 0 Å². The Kier molecular flexibility index (Phi) is 4.87. The van der Waals surface area contributed by atoms with Gasteiger partial charge < -0.3 is 19.5 Å². The molecule has 1 unspecified atom stereocenters. The molecule has 2 aromatic rings. The molecule has 122 valence electrons. The predicted octanol–water partition coefficient (Wildman–Crippen LogP) is 2.06. The molecule has 1 amide bonds. The van der Waals surface area contributed by atoms with Gasteiger partial charge in [-0.25, -0.2) is 4.79 Å². The molecule has 0 saturated carbocycles. The molecule has 1 saturated heterocycles. The second-order valence-corrected chi connectivity index (χ2v) is 5.39. The minimum Gasteiger partial charge on any atom is -0.450 e. The van der Waals surface area contributed by atoms with Crippen molar-refractivity contribution in [3.63, 3.8) is 0 Å². The molecule has 1 aromatic heterocycles. The monoisotopic (exact) mass is 316 g/mol. The summed E-state index contributed by atoms with van der Waals surface area (Å²) >= 11 is 0. The highest BCUT2D eigenvalue weighted by molar-refractivity contribution is 5.68. The zero-order chi connectivity index (χ0) is 16.1. The van der Waals surface area contributed by atoms with E-state index < -0.39 is 0 Å². The lowest BCUT2D eigenvalue weighted by molar-refractivity contribution is 0.115. The summed E-state index contributed by atoms with van der Waals surface area (Å²) in [6.07, 6.45) is 0.644. The van der Waals surface area contributed by atoms with Gasteiger partial charge >= 0.3 is 6.09 Å². The molecule has 1 aliphatic heterocycles. The summed E-state index contributed by atoms with van der Waals surface area (Å²) in [5, 5.41) is 7.34. The second kappa shape index (κ2) is 7.23.